The second-order valence-corrected chi connectivity index (χ2v) is 7.34. The van der Waals surface area contributed by atoms with Crippen LogP contribution in [-0.4, -0.2) is 10.2 Å². The van der Waals surface area contributed by atoms with Gasteiger partial charge in [0.15, 0.2) is 5.11 Å². The van der Waals surface area contributed by atoms with Gasteiger partial charge >= 0.3 is 6.18 Å². The fraction of sp³-hybridized carbons (Fsp3) is 0.174. The third kappa shape index (κ3) is 5.58. The molecule has 0 aliphatic carbocycles. The molecule has 0 heterocycles. The fourth-order valence-electron chi connectivity index (χ4n) is 3.17. The van der Waals surface area contributed by atoms with Crippen molar-refractivity contribution < 1.29 is 18.3 Å². The molecule has 0 aliphatic rings. The van der Waals surface area contributed by atoms with Crippen LogP contribution < -0.4 is 10.6 Å². The van der Waals surface area contributed by atoms with Gasteiger partial charge < -0.3 is 15.7 Å². The molecule has 0 aliphatic heterocycles. The predicted octanol–water partition coefficient (Wildman–Crippen LogP) is 5.78. The summed E-state index contributed by atoms with van der Waals surface area (Å²) in [7, 11) is 0. The molecule has 156 valence electrons. The van der Waals surface area contributed by atoms with E-state index in [0.29, 0.717) is 11.1 Å². The van der Waals surface area contributed by atoms with Gasteiger partial charge in [-0.15, -0.1) is 0 Å². The van der Waals surface area contributed by atoms with Crippen LogP contribution in [0.15, 0.2) is 78.9 Å². The van der Waals surface area contributed by atoms with E-state index in [0.717, 1.165) is 17.7 Å². The summed E-state index contributed by atoms with van der Waals surface area (Å²) in [5, 5.41) is 16.9. The highest BCUT2D eigenvalue weighted by Gasteiger charge is 2.31. The standard InChI is InChI=1S/C23H21F3N2OS/c1-15-12-18(23(24,25)26)14-19(13-15)27-22(30)28-20(16-8-4-2-5-9-16)21(29)17-10-6-3-7-11-17/h2-14,20-21,29H,1H3,(H2,27,28,30)/t20?,21-/m1/s1. The average molecular weight is 430 g/mol. The third-order valence-electron chi connectivity index (χ3n) is 4.56. The van der Waals surface area contributed by atoms with Gasteiger partial charge in [0.25, 0.3) is 0 Å². The Morgan fingerprint density at radius 3 is 2.03 bits per heavy atom. The van der Waals surface area contributed by atoms with E-state index >= 15 is 0 Å². The molecule has 3 aromatic carbocycles. The van der Waals surface area contributed by atoms with E-state index in [1.54, 1.807) is 25.1 Å². The molecule has 0 radical (unpaired) electrons. The number of alkyl halides is 3. The van der Waals surface area contributed by atoms with Gasteiger partial charge in [-0.25, -0.2) is 0 Å². The fourth-order valence-corrected chi connectivity index (χ4v) is 3.42. The summed E-state index contributed by atoms with van der Waals surface area (Å²) in [5.74, 6) is 0. The molecule has 30 heavy (non-hydrogen) atoms. The summed E-state index contributed by atoms with van der Waals surface area (Å²) >= 11 is 5.35. The number of aliphatic hydroxyl groups is 1. The molecule has 0 saturated carbocycles. The maximum atomic E-state index is 13.1. The molecule has 3 aromatic rings. The molecular weight excluding hydrogens is 409 g/mol. The van der Waals surface area contributed by atoms with E-state index in [1.807, 2.05) is 48.5 Å². The van der Waals surface area contributed by atoms with Crippen molar-refractivity contribution in [3.05, 3.63) is 101 Å². The first-order chi connectivity index (χ1) is 14.2. The Morgan fingerprint density at radius 1 is 0.900 bits per heavy atom. The highest BCUT2D eigenvalue weighted by atomic mass is 32.1. The average Bonchev–Trinajstić information content (AvgIpc) is 2.72. The summed E-state index contributed by atoms with van der Waals surface area (Å²) in [6.45, 7) is 1.59. The Bertz CT molecular complexity index is 994. The van der Waals surface area contributed by atoms with Gasteiger partial charge in [0.2, 0.25) is 0 Å². The molecule has 0 saturated heterocycles. The van der Waals surface area contributed by atoms with Gasteiger partial charge in [-0.05, 0) is 54.0 Å². The van der Waals surface area contributed by atoms with E-state index in [4.69, 9.17) is 12.2 Å². The molecule has 1 unspecified atom stereocenters. The molecule has 0 amide bonds. The van der Waals surface area contributed by atoms with Crippen LogP contribution >= 0.6 is 12.2 Å². The zero-order valence-corrected chi connectivity index (χ0v) is 17.0. The first-order valence-corrected chi connectivity index (χ1v) is 9.69. The van der Waals surface area contributed by atoms with Crippen LogP contribution in [0.1, 0.15) is 34.4 Å². The van der Waals surface area contributed by atoms with E-state index in [-0.39, 0.29) is 10.8 Å². The van der Waals surface area contributed by atoms with Crippen molar-refractivity contribution in [3.8, 4) is 0 Å². The third-order valence-corrected chi connectivity index (χ3v) is 4.78. The molecule has 0 spiro atoms. The maximum absolute atomic E-state index is 13.1. The smallest absolute Gasteiger partial charge is 0.386 e. The van der Waals surface area contributed by atoms with Crippen molar-refractivity contribution in [3.63, 3.8) is 0 Å². The maximum Gasteiger partial charge on any atom is 0.416 e. The lowest BCUT2D eigenvalue weighted by Gasteiger charge is -2.26. The van der Waals surface area contributed by atoms with Crippen LogP contribution in [0, 0.1) is 6.92 Å². The van der Waals surface area contributed by atoms with Crippen molar-refractivity contribution >= 4 is 23.0 Å². The van der Waals surface area contributed by atoms with Crippen molar-refractivity contribution in [1.82, 2.24) is 5.32 Å². The zero-order valence-electron chi connectivity index (χ0n) is 16.1. The lowest BCUT2D eigenvalue weighted by molar-refractivity contribution is -0.137. The Kier molecular flexibility index (Phi) is 6.74. The number of anilines is 1. The topological polar surface area (TPSA) is 44.3 Å². The van der Waals surface area contributed by atoms with Crippen molar-refractivity contribution in [2.24, 2.45) is 0 Å². The number of nitrogens with one attached hydrogen (secondary N) is 2. The number of halogens is 3. The number of rotatable bonds is 5. The minimum Gasteiger partial charge on any atom is -0.386 e. The summed E-state index contributed by atoms with van der Waals surface area (Å²) in [5.41, 5.74) is 1.41. The lowest BCUT2D eigenvalue weighted by atomic mass is 9.96. The van der Waals surface area contributed by atoms with E-state index < -0.39 is 23.9 Å². The Morgan fingerprint density at radius 2 is 1.47 bits per heavy atom. The largest absolute Gasteiger partial charge is 0.416 e. The summed E-state index contributed by atoms with van der Waals surface area (Å²) in [6, 6.07) is 21.4. The Labute approximate surface area is 178 Å². The first kappa shape index (κ1) is 21.8. The van der Waals surface area contributed by atoms with Crippen LogP contribution in [0.5, 0.6) is 0 Å². The number of aryl methyl sites for hydroxylation is 1. The number of hydrogen-bond acceptors (Lipinski definition) is 2. The van der Waals surface area contributed by atoms with Crippen LogP contribution in [0.25, 0.3) is 0 Å². The van der Waals surface area contributed by atoms with Gasteiger partial charge in [0.1, 0.15) is 6.10 Å². The zero-order chi connectivity index (χ0) is 21.7. The van der Waals surface area contributed by atoms with Gasteiger partial charge in [-0.1, -0.05) is 60.7 Å². The van der Waals surface area contributed by atoms with Gasteiger partial charge in [-0.2, -0.15) is 13.2 Å². The predicted molar refractivity (Wildman–Crippen MR) is 116 cm³/mol. The van der Waals surface area contributed by atoms with Gasteiger partial charge in [0.05, 0.1) is 11.6 Å². The van der Waals surface area contributed by atoms with Crippen LogP contribution in [0.4, 0.5) is 18.9 Å². The second-order valence-electron chi connectivity index (χ2n) is 6.93. The number of benzene rings is 3. The minimum absolute atomic E-state index is 0.109. The van der Waals surface area contributed by atoms with Crippen LogP contribution in [0.2, 0.25) is 0 Å². The summed E-state index contributed by atoms with van der Waals surface area (Å²) in [6.07, 6.45) is -5.37. The minimum atomic E-state index is -4.45. The highest BCUT2D eigenvalue weighted by Crippen LogP contribution is 2.32. The monoisotopic (exact) mass is 430 g/mol. The normalized spacial score (nSPS) is 13.4. The molecule has 3 N–H and O–H groups in total. The Balaban J connectivity index is 1.83. The Hall–Kier alpha value is -2.90. The van der Waals surface area contributed by atoms with Crippen molar-refractivity contribution in [2.45, 2.75) is 25.2 Å². The van der Waals surface area contributed by atoms with E-state index in [1.165, 1.54) is 0 Å². The molecule has 0 aromatic heterocycles. The number of aliphatic hydroxyl groups excluding tert-OH is 1. The quantitative estimate of drug-likeness (QED) is 0.450. The highest BCUT2D eigenvalue weighted by molar-refractivity contribution is 7.80. The lowest BCUT2D eigenvalue weighted by Crippen LogP contribution is -2.35. The van der Waals surface area contributed by atoms with Crippen LogP contribution in [0.3, 0.4) is 0 Å². The number of hydrogen-bond donors (Lipinski definition) is 3. The van der Waals surface area contributed by atoms with E-state index in [2.05, 4.69) is 10.6 Å². The molecule has 3 rings (SSSR count). The van der Waals surface area contributed by atoms with E-state index in [9.17, 15) is 18.3 Å². The van der Waals surface area contributed by atoms with Gasteiger partial charge in [-0.3, -0.25) is 0 Å². The molecule has 2 atom stereocenters. The number of thiocarbonyl (C=S) groups is 1. The molecular formula is C23H21F3N2OS. The van der Waals surface area contributed by atoms with Crippen molar-refractivity contribution in [1.29, 1.82) is 0 Å². The molecule has 0 bridgehead atoms. The molecule has 7 heteroatoms. The van der Waals surface area contributed by atoms with Crippen LogP contribution in [-0.2, 0) is 6.18 Å². The van der Waals surface area contributed by atoms with Crippen molar-refractivity contribution in [2.75, 3.05) is 5.32 Å². The second kappa shape index (κ2) is 9.28. The summed E-state index contributed by atoms with van der Waals surface area (Å²) in [4.78, 5) is 0. The SMILES string of the molecule is Cc1cc(NC(=S)NC(c2ccccc2)[C@H](O)c2ccccc2)cc(C(F)(F)F)c1. The molecule has 3 nitrogen and oxygen atoms in total. The molecule has 0 fully saturated rings. The van der Waals surface area contributed by atoms with Gasteiger partial charge in [0, 0.05) is 5.69 Å². The summed E-state index contributed by atoms with van der Waals surface area (Å²) < 4.78 is 39.3. The first-order valence-electron chi connectivity index (χ1n) is 9.28.